The SMILES string of the molecule is Cc1[c-]c(-n2ccc(=O)[nH]c2=O)c[c-]c1C(C)C.[Re].[Re]. The van der Waals surface area contributed by atoms with Crippen LogP contribution in [0.15, 0.2) is 27.9 Å². The fourth-order valence-electron chi connectivity index (χ4n) is 1.89. The van der Waals surface area contributed by atoms with E-state index in [0.717, 1.165) is 11.1 Å². The third-order valence-corrected chi connectivity index (χ3v) is 2.74. The molecule has 2 rings (SSSR count). The summed E-state index contributed by atoms with van der Waals surface area (Å²) >= 11 is 0. The third kappa shape index (κ3) is 4.11. The molecule has 0 spiro atoms. The molecule has 20 heavy (non-hydrogen) atoms. The molecule has 0 atom stereocenters. The van der Waals surface area contributed by atoms with E-state index in [-0.39, 0.29) is 40.8 Å². The number of hydrogen-bond acceptors (Lipinski definition) is 2. The first-order chi connectivity index (χ1) is 8.49. The Morgan fingerprint density at radius 1 is 1.25 bits per heavy atom. The Morgan fingerprint density at radius 3 is 2.40 bits per heavy atom. The van der Waals surface area contributed by atoms with Crippen molar-refractivity contribution in [1.29, 1.82) is 0 Å². The first-order valence-corrected chi connectivity index (χ1v) is 5.76. The summed E-state index contributed by atoms with van der Waals surface area (Å²) in [5.74, 6) is 0.364. The maximum Gasteiger partial charge on any atom is 0.319 e. The Bertz CT molecular complexity index is 690. The molecule has 4 nitrogen and oxygen atoms in total. The van der Waals surface area contributed by atoms with E-state index in [1.807, 2.05) is 6.92 Å². The molecule has 2 aromatic rings. The zero-order chi connectivity index (χ0) is 13.3. The van der Waals surface area contributed by atoms with Crippen LogP contribution in [0.25, 0.3) is 5.69 Å². The van der Waals surface area contributed by atoms with E-state index in [1.165, 1.54) is 16.8 Å². The smallest absolute Gasteiger partial charge is 0.319 e. The molecule has 1 aromatic carbocycles. The summed E-state index contributed by atoms with van der Waals surface area (Å²) < 4.78 is 1.34. The Labute approximate surface area is 144 Å². The van der Waals surface area contributed by atoms with Gasteiger partial charge in [-0.05, 0) is 0 Å². The number of aromatic amines is 1. The molecule has 0 bridgehead atoms. The van der Waals surface area contributed by atoms with Gasteiger partial charge in [0.05, 0.1) is 0 Å². The maximum absolute atomic E-state index is 11.6. The van der Waals surface area contributed by atoms with E-state index in [9.17, 15) is 9.59 Å². The van der Waals surface area contributed by atoms with E-state index in [1.54, 1.807) is 6.07 Å². The number of aromatic nitrogens is 2. The summed E-state index contributed by atoms with van der Waals surface area (Å²) in [6.07, 6.45) is 1.44. The van der Waals surface area contributed by atoms with Crippen molar-refractivity contribution in [3.63, 3.8) is 0 Å². The van der Waals surface area contributed by atoms with Crippen LogP contribution in [0, 0.1) is 19.1 Å². The van der Waals surface area contributed by atoms with Crippen molar-refractivity contribution in [2.75, 3.05) is 0 Å². The van der Waals surface area contributed by atoms with Crippen molar-refractivity contribution in [1.82, 2.24) is 9.55 Å². The zero-order valence-electron chi connectivity index (χ0n) is 11.3. The van der Waals surface area contributed by atoms with Crippen molar-refractivity contribution in [3.8, 4) is 5.69 Å². The predicted molar refractivity (Wildman–Crippen MR) is 69.2 cm³/mol. The van der Waals surface area contributed by atoms with Crippen LogP contribution in [0.1, 0.15) is 30.9 Å². The first kappa shape index (κ1) is 19.2. The Hall–Kier alpha value is -0.775. The minimum Gasteiger partial charge on any atom is -0.348 e. The molecule has 0 aliphatic carbocycles. The molecule has 2 radical (unpaired) electrons. The van der Waals surface area contributed by atoms with Crippen LogP contribution in [0.3, 0.4) is 0 Å². The summed E-state index contributed by atoms with van der Waals surface area (Å²) in [5.41, 5.74) is 1.74. The van der Waals surface area contributed by atoms with Gasteiger partial charge < -0.3 is 10.6 Å². The summed E-state index contributed by atoms with van der Waals surface area (Å²) in [6, 6.07) is 9.32. The van der Waals surface area contributed by atoms with E-state index in [0.29, 0.717) is 11.6 Å². The monoisotopic (exact) mass is 616 g/mol. The minimum absolute atomic E-state index is 0. The van der Waals surface area contributed by atoms with Crippen molar-refractivity contribution in [2.24, 2.45) is 0 Å². The van der Waals surface area contributed by atoms with Gasteiger partial charge in [-0.15, -0.1) is 6.92 Å². The van der Waals surface area contributed by atoms with Crippen LogP contribution in [-0.4, -0.2) is 9.55 Å². The van der Waals surface area contributed by atoms with E-state index in [4.69, 9.17) is 0 Å². The number of nitrogens with zero attached hydrogens (tertiary/aromatic N) is 1. The topological polar surface area (TPSA) is 54.9 Å². The first-order valence-electron chi connectivity index (χ1n) is 5.76. The van der Waals surface area contributed by atoms with Gasteiger partial charge in [-0.1, -0.05) is 19.8 Å². The van der Waals surface area contributed by atoms with Crippen molar-refractivity contribution < 1.29 is 40.8 Å². The number of aryl methyl sites for hydroxylation is 1. The van der Waals surface area contributed by atoms with Gasteiger partial charge in [0.1, 0.15) is 0 Å². The summed E-state index contributed by atoms with van der Waals surface area (Å²) in [4.78, 5) is 24.9. The molecular weight excluding hydrogens is 601 g/mol. The molecule has 0 amide bonds. The quantitative estimate of drug-likeness (QED) is 0.523. The van der Waals surface area contributed by atoms with Gasteiger partial charge >= 0.3 is 5.69 Å². The largest absolute Gasteiger partial charge is 0.348 e. The number of nitrogens with one attached hydrogen (secondary N) is 1. The van der Waals surface area contributed by atoms with Crippen LogP contribution >= 0.6 is 0 Å². The molecular formula is C14H14N2O2Re2-2. The molecule has 0 fully saturated rings. The van der Waals surface area contributed by atoms with Crippen LogP contribution in [0.5, 0.6) is 0 Å². The fraction of sp³-hybridized carbons (Fsp3) is 0.286. The van der Waals surface area contributed by atoms with Crippen molar-refractivity contribution in [3.05, 3.63) is 62.4 Å². The fourth-order valence-corrected chi connectivity index (χ4v) is 1.89. The molecule has 1 heterocycles. The van der Waals surface area contributed by atoms with Gasteiger partial charge in [-0.25, -0.2) is 4.79 Å². The third-order valence-electron chi connectivity index (χ3n) is 2.74. The van der Waals surface area contributed by atoms with Crippen molar-refractivity contribution in [2.45, 2.75) is 26.7 Å². The second kappa shape index (κ2) is 7.86. The van der Waals surface area contributed by atoms with Gasteiger partial charge in [-0.3, -0.25) is 33.0 Å². The Morgan fingerprint density at radius 2 is 1.90 bits per heavy atom. The molecule has 0 unspecified atom stereocenters. The molecule has 0 saturated heterocycles. The molecule has 0 aliphatic heterocycles. The Kier molecular flexibility index (Phi) is 7.56. The van der Waals surface area contributed by atoms with Crippen LogP contribution in [0.4, 0.5) is 0 Å². The van der Waals surface area contributed by atoms with Gasteiger partial charge in [-0.2, -0.15) is 5.69 Å². The van der Waals surface area contributed by atoms with Gasteiger partial charge in [0, 0.05) is 53.1 Å². The van der Waals surface area contributed by atoms with Gasteiger partial charge in [0.2, 0.25) is 0 Å². The van der Waals surface area contributed by atoms with E-state index < -0.39 is 11.2 Å². The maximum atomic E-state index is 11.6. The molecule has 1 aromatic heterocycles. The second-order valence-corrected chi connectivity index (χ2v) is 4.47. The van der Waals surface area contributed by atoms with Crippen LogP contribution in [0.2, 0.25) is 0 Å². The number of hydrogen-bond donors (Lipinski definition) is 1. The Balaban J connectivity index is 0.00000180. The standard InChI is InChI=1S/C14H14N2O2.2Re/c1-9(2)12-5-4-11(8-10(12)3)16-7-6-13(17)15-14(16)18;;/h4,6-7,9H,1-3H3,(H,15,17,18);;/q-2;;. The summed E-state index contributed by atoms with van der Waals surface area (Å²) in [6.45, 7) is 6.10. The number of benzene rings is 1. The molecule has 1 N–H and O–H groups in total. The van der Waals surface area contributed by atoms with Crippen LogP contribution < -0.4 is 11.2 Å². The van der Waals surface area contributed by atoms with Crippen LogP contribution in [-0.2, 0) is 40.8 Å². The average Bonchev–Trinajstić information content (AvgIpc) is 2.28. The summed E-state index contributed by atoms with van der Waals surface area (Å²) in [5, 5.41) is 0. The number of H-pyrrole nitrogens is 1. The molecule has 0 aliphatic rings. The predicted octanol–water partition coefficient (Wildman–Crippen LogP) is 1.55. The minimum atomic E-state index is -0.469. The molecule has 108 valence electrons. The summed E-state index contributed by atoms with van der Waals surface area (Å²) in [7, 11) is 0. The molecule has 6 heteroatoms. The van der Waals surface area contributed by atoms with E-state index in [2.05, 4.69) is 31.0 Å². The van der Waals surface area contributed by atoms with Crippen molar-refractivity contribution >= 4 is 0 Å². The van der Waals surface area contributed by atoms with Gasteiger partial charge in [0.25, 0.3) is 5.56 Å². The number of rotatable bonds is 2. The van der Waals surface area contributed by atoms with Gasteiger partial charge in [0.15, 0.2) is 0 Å². The zero-order valence-corrected chi connectivity index (χ0v) is 16.8. The average molecular weight is 615 g/mol. The normalized spacial score (nSPS) is 9.80. The second-order valence-electron chi connectivity index (χ2n) is 4.47. The molecule has 0 saturated carbocycles. The van der Waals surface area contributed by atoms with E-state index >= 15 is 0 Å².